The molecule has 0 amide bonds. The van der Waals surface area contributed by atoms with Crippen LogP contribution in [0.1, 0.15) is 119 Å². The van der Waals surface area contributed by atoms with Crippen molar-refractivity contribution in [1.29, 1.82) is 0 Å². The molecular weight excluding hydrogens is 468 g/mol. The van der Waals surface area contributed by atoms with E-state index < -0.39 is 0 Å². The molecule has 0 aliphatic heterocycles. The third-order valence-electron chi connectivity index (χ3n) is 12.1. The Morgan fingerprint density at radius 3 is 2.53 bits per heavy atom. The normalized spacial score (nSPS) is 38.3. The standard InChI is InChI=1S/C35H58O3/c1-24(2)25(3)12-13-26(4)30-16-17-31-29-15-14-27-23-28(38-33(36)11-9-8-10-22-37-7)18-20-34(27,5)32(29)19-21-35(30,31)6/h12-14,24-26,28-32H,8-11,15-23H2,1-7H3/b13-12+. The van der Waals surface area contributed by atoms with Gasteiger partial charge < -0.3 is 9.47 Å². The molecule has 216 valence electrons. The van der Waals surface area contributed by atoms with Gasteiger partial charge in [0.15, 0.2) is 0 Å². The highest BCUT2D eigenvalue weighted by atomic mass is 16.5. The molecule has 3 nitrogen and oxygen atoms in total. The molecule has 0 aromatic rings. The van der Waals surface area contributed by atoms with E-state index in [1.807, 2.05) is 0 Å². The van der Waals surface area contributed by atoms with Crippen LogP contribution in [0.25, 0.3) is 0 Å². The Morgan fingerprint density at radius 1 is 1.00 bits per heavy atom. The first-order valence-corrected chi connectivity index (χ1v) is 16.2. The van der Waals surface area contributed by atoms with Crippen molar-refractivity contribution < 1.29 is 14.3 Å². The molecular formula is C35H58O3. The minimum absolute atomic E-state index is 0.00157. The van der Waals surface area contributed by atoms with Crippen LogP contribution >= 0.6 is 0 Å². The van der Waals surface area contributed by atoms with Gasteiger partial charge in [-0.15, -0.1) is 0 Å². The van der Waals surface area contributed by atoms with Gasteiger partial charge in [0.25, 0.3) is 0 Å². The van der Waals surface area contributed by atoms with Crippen LogP contribution in [0.5, 0.6) is 0 Å². The highest BCUT2D eigenvalue weighted by molar-refractivity contribution is 5.69. The molecule has 4 aliphatic rings. The summed E-state index contributed by atoms with van der Waals surface area (Å²) in [6.07, 6.45) is 21.3. The quantitative estimate of drug-likeness (QED) is 0.153. The van der Waals surface area contributed by atoms with E-state index in [0.717, 1.165) is 68.3 Å². The Bertz CT molecular complexity index is 857. The van der Waals surface area contributed by atoms with Crippen molar-refractivity contribution in [2.24, 2.45) is 52.3 Å². The van der Waals surface area contributed by atoms with Gasteiger partial charge in [-0.25, -0.2) is 0 Å². The van der Waals surface area contributed by atoms with Crippen molar-refractivity contribution in [2.45, 2.75) is 125 Å². The molecule has 0 heterocycles. The Labute approximate surface area is 234 Å². The summed E-state index contributed by atoms with van der Waals surface area (Å²) in [6, 6.07) is 0. The summed E-state index contributed by atoms with van der Waals surface area (Å²) in [5, 5.41) is 0. The van der Waals surface area contributed by atoms with E-state index in [1.54, 1.807) is 12.7 Å². The zero-order chi connectivity index (χ0) is 27.5. The van der Waals surface area contributed by atoms with Gasteiger partial charge in [-0.2, -0.15) is 0 Å². The maximum absolute atomic E-state index is 12.5. The van der Waals surface area contributed by atoms with Crippen LogP contribution < -0.4 is 0 Å². The van der Waals surface area contributed by atoms with Crippen molar-refractivity contribution in [2.75, 3.05) is 13.7 Å². The van der Waals surface area contributed by atoms with Crippen molar-refractivity contribution in [3.05, 3.63) is 23.8 Å². The second-order valence-corrected chi connectivity index (χ2v) is 14.5. The van der Waals surface area contributed by atoms with Crippen molar-refractivity contribution in [1.82, 2.24) is 0 Å². The molecule has 0 aromatic heterocycles. The summed E-state index contributed by atoms with van der Waals surface area (Å²) in [5.74, 6) is 5.40. The number of unbranched alkanes of at least 4 members (excludes halogenated alkanes) is 2. The van der Waals surface area contributed by atoms with Gasteiger partial charge in [-0.3, -0.25) is 4.79 Å². The van der Waals surface area contributed by atoms with Crippen LogP contribution in [-0.2, 0) is 14.3 Å². The van der Waals surface area contributed by atoms with Gasteiger partial charge in [0, 0.05) is 26.6 Å². The van der Waals surface area contributed by atoms with E-state index in [1.165, 1.54) is 38.5 Å². The third-order valence-corrected chi connectivity index (χ3v) is 12.1. The van der Waals surface area contributed by atoms with E-state index in [0.29, 0.717) is 29.1 Å². The van der Waals surface area contributed by atoms with Crippen molar-refractivity contribution in [3.8, 4) is 0 Å². The lowest BCUT2D eigenvalue weighted by Crippen LogP contribution is -2.51. The zero-order valence-corrected chi connectivity index (χ0v) is 25.8. The molecule has 0 saturated heterocycles. The van der Waals surface area contributed by atoms with E-state index >= 15 is 0 Å². The fourth-order valence-corrected chi connectivity index (χ4v) is 9.28. The second-order valence-electron chi connectivity index (χ2n) is 14.5. The van der Waals surface area contributed by atoms with Crippen LogP contribution in [0.3, 0.4) is 0 Å². The third kappa shape index (κ3) is 6.13. The summed E-state index contributed by atoms with van der Waals surface area (Å²) in [7, 11) is 1.73. The number of fused-ring (bicyclic) bond motifs is 5. The lowest BCUT2D eigenvalue weighted by molar-refractivity contribution is -0.151. The average molecular weight is 527 g/mol. The van der Waals surface area contributed by atoms with Crippen LogP contribution in [0.4, 0.5) is 0 Å². The van der Waals surface area contributed by atoms with Crippen molar-refractivity contribution >= 4 is 5.97 Å². The van der Waals surface area contributed by atoms with Crippen LogP contribution in [0, 0.1) is 52.3 Å². The molecule has 9 unspecified atom stereocenters. The van der Waals surface area contributed by atoms with Gasteiger partial charge in [0.2, 0.25) is 0 Å². The molecule has 4 rings (SSSR count). The highest BCUT2D eigenvalue weighted by Gasteiger charge is 2.59. The number of methoxy groups -OCH3 is 1. The minimum atomic E-state index is 0.00157. The number of ether oxygens (including phenoxy) is 2. The summed E-state index contributed by atoms with van der Waals surface area (Å²) in [5.41, 5.74) is 2.41. The van der Waals surface area contributed by atoms with Gasteiger partial charge in [0.05, 0.1) is 0 Å². The Kier molecular flexibility index (Phi) is 9.92. The molecule has 3 fully saturated rings. The summed E-state index contributed by atoms with van der Waals surface area (Å²) < 4.78 is 11.1. The molecule has 9 atom stereocenters. The predicted molar refractivity (Wildman–Crippen MR) is 158 cm³/mol. The lowest BCUT2D eigenvalue weighted by Gasteiger charge is -2.58. The molecule has 3 saturated carbocycles. The van der Waals surface area contributed by atoms with Crippen LogP contribution in [0.15, 0.2) is 23.8 Å². The molecule has 0 aromatic carbocycles. The van der Waals surface area contributed by atoms with E-state index in [-0.39, 0.29) is 12.1 Å². The molecule has 0 bridgehead atoms. The molecule has 0 spiro atoms. The zero-order valence-electron chi connectivity index (χ0n) is 25.8. The smallest absolute Gasteiger partial charge is 0.306 e. The summed E-state index contributed by atoms with van der Waals surface area (Å²) >= 11 is 0. The molecule has 0 radical (unpaired) electrons. The van der Waals surface area contributed by atoms with Crippen LogP contribution in [0.2, 0.25) is 0 Å². The Balaban J connectivity index is 1.37. The topological polar surface area (TPSA) is 35.5 Å². The fraction of sp³-hybridized carbons (Fsp3) is 0.857. The number of carbonyl (C=O) groups excluding carboxylic acids is 1. The number of allylic oxidation sites excluding steroid dienone is 3. The predicted octanol–water partition coefficient (Wildman–Crippen LogP) is 9.17. The van der Waals surface area contributed by atoms with Gasteiger partial charge >= 0.3 is 5.97 Å². The molecule has 38 heavy (non-hydrogen) atoms. The first-order valence-electron chi connectivity index (χ1n) is 16.2. The molecule has 0 N–H and O–H groups in total. The van der Waals surface area contributed by atoms with Crippen LogP contribution in [-0.4, -0.2) is 25.8 Å². The van der Waals surface area contributed by atoms with Gasteiger partial charge in [0.1, 0.15) is 6.10 Å². The second kappa shape index (κ2) is 12.6. The SMILES string of the molecule is COCCCCCC(=O)OC1CCC2(C)C(=CCC3C2CCC2(C)C(C(C)/C=C/C(C)C(C)C)CCC32)C1. The molecule has 3 heteroatoms. The largest absolute Gasteiger partial charge is 0.462 e. The minimum Gasteiger partial charge on any atom is -0.462 e. The number of rotatable bonds is 11. The molecule has 4 aliphatic carbocycles. The van der Waals surface area contributed by atoms with E-state index in [9.17, 15) is 4.79 Å². The fourth-order valence-electron chi connectivity index (χ4n) is 9.28. The first-order chi connectivity index (χ1) is 18.1. The average Bonchev–Trinajstić information content (AvgIpc) is 3.24. The number of hydrogen-bond acceptors (Lipinski definition) is 3. The monoisotopic (exact) mass is 526 g/mol. The maximum Gasteiger partial charge on any atom is 0.306 e. The highest BCUT2D eigenvalue weighted by Crippen LogP contribution is 2.67. The Hall–Kier alpha value is -1.09. The van der Waals surface area contributed by atoms with Crippen molar-refractivity contribution in [3.63, 3.8) is 0 Å². The Morgan fingerprint density at radius 2 is 1.79 bits per heavy atom. The number of esters is 1. The van der Waals surface area contributed by atoms with E-state index in [4.69, 9.17) is 9.47 Å². The maximum atomic E-state index is 12.5. The van der Waals surface area contributed by atoms with Gasteiger partial charge in [-0.05, 0) is 110 Å². The summed E-state index contributed by atoms with van der Waals surface area (Å²) in [6.45, 7) is 15.5. The first kappa shape index (κ1) is 29.9. The summed E-state index contributed by atoms with van der Waals surface area (Å²) in [4.78, 5) is 12.5. The van der Waals surface area contributed by atoms with E-state index in [2.05, 4.69) is 59.8 Å². The number of carbonyl (C=O) groups is 1. The lowest BCUT2D eigenvalue weighted by atomic mass is 9.47. The number of hydrogen-bond donors (Lipinski definition) is 0. The van der Waals surface area contributed by atoms with Gasteiger partial charge in [-0.1, -0.05) is 71.8 Å².